The maximum Gasteiger partial charge on any atom is 0.274 e. The van der Waals surface area contributed by atoms with Crippen LogP contribution in [0.4, 0.5) is 13.2 Å². The smallest absolute Gasteiger partial charge is 0.274 e. The van der Waals surface area contributed by atoms with Crippen LogP contribution in [0.25, 0.3) is 0 Å². The minimum Gasteiger partial charge on any atom is -0.341 e. The third kappa shape index (κ3) is 6.48. The van der Waals surface area contributed by atoms with Crippen molar-refractivity contribution in [1.82, 2.24) is 25.3 Å². The van der Waals surface area contributed by atoms with Crippen LogP contribution in [0.15, 0.2) is 47.1 Å². The Morgan fingerprint density at radius 1 is 1.08 bits per heavy atom. The molecular weight excluding hydrogens is 621 g/mol. The summed E-state index contributed by atoms with van der Waals surface area (Å²) in [7, 11) is 0. The number of alkyl halides is 2. The number of aromatic nitrogens is 2. The number of nitrogens with one attached hydrogen (secondary N) is 2. The number of piperidine rings is 1. The van der Waals surface area contributed by atoms with Crippen LogP contribution in [0.2, 0.25) is 0 Å². The molecular formula is C36H49F3N6O3. The Morgan fingerprint density at radius 2 is 1.81 bits per heavy atom. The van der Waals surface area contributed by atoms with Gasteiger partial charge in [0, 0.05) is 36.7 Å². The van der Waals surface area contributed by atoms with Crippen molar-refractivity contribution < 1.29 is 27.6 Å². The number of hydrogen-bond donors (Lipinski definition) is 3. The summed E-state index contributed by atoms with van der Waals surface area (Å²) < 4.78 is 44.5. The minimum absolute atomic E-state index is 0.143. The van der Waals surface area contributed by atoms with Crippen LogP contribution >= 0.6 is 0 Å². The Bertz CT molecular complexity index is 1530. The molecule has 1 aliphatic heterocycles. The number of amides is 3. The van der Waals surface area contributed by atoms with Crippen molar-refractivity contribution in [3.8, 4) is 0 Å². The molecule has 0 bridgehead atoms. The van der Waals surface area contributed by atoms with Gasteiger partial charge in [-0.05, 0) is 120 Å². The molecule has 0 aromatic carbocycles. The van der Waals surface area contributed by atoms with E-state index in [1.165, 1.54) is 6.08 Å². The third-order valence-electron chi connectivity index (χ3n) is 12.0. The summed E-state index contributed by atoms with van der Waals surface area (Å²) in [4.78, 5) is 42.5. The van der Waals surface area contributed by atoms with E-state index < -0.39 is 53.4 Å². The van der Waals surface area contributed by atoms with Crippen molar-refractivity contribution in [2.24, 2.45) is 22.0 Å². The lowest BCUT2D eigenvalue weighted by atomic mass is 9.76. The number of likely N-dealkylation sites (tertiary alicyclic amines) is 1. The Balaban J connectivity index is 1.16. The monoisotopic (exact) mass is 670 g/mol. The van der Waals surface area contributed by atoms with Crippen molar-refractivity contribution in [3.05, 3.63) is 52.8 Å². The number of allylic oxidation sites excluding steroid dienone is 2. The number of nitrogens with zero attached hydrogens (tertiary/aromatic N) is 3. The van der Waals surface area contributed by atoms with Gasteiger partial charge in [-0.1, -0.05) is 6.08 Å². The van der Waals surface area contributed by atoms with Gasteiger partial charge < -0.3 is 21.3 Å². The van der Waals surface area contributed by atoms with Crippen LogP contribution in [0.3, 0.4) is 0 Å². The summed E-state index contributed by atoms with van der Waals surface area (Å²) in [5.41, 5.74) is 6.04. The molecule has 1 unspecified atom stereocenters. The highest BCUT2D eigenvalue weighted by Crippen LogP contribution is 2.58. The topological polar surface area (TPSA) is 122 Å². The molecule has 1 aromatic rings. The molecule has 262 valence electrons. The minimum atomic E-state index is -1.36. The fraction of sp³-hybridized carbons (Fsp3) is 0.667. The van der Waals surface area contributed by atoms with Crippen molar-refractivity contribution in [1.29, 1.82) is 0 Å². The molecule has 1 spiro atoms. The van der Waals surface area contributed by atoms with Crippen LogP contribution < -0.4 is 16.4 Å². The first-order chi connectivity index (χ1) is 22.9. The molecule has 3 saturated carbocycles. The normalized spacial score (nSPS) is 27.0. The second-order valence-corrected chi connectivity index (χ2v) is 15.2. The number of hydrogen-bond acceptors (Lipinski definition) is 5. The second-order valence-electron chi connectivity index (χ2n) is 15.2. The summed E-state index contributed by atoms with van der Waals surface area (Å²) in [6.45, 7) is 3.42. The summed E-state index contributed by atoms with van der Waals surface area (Å²) in [5.74, 6) is -1.76. The standard InChI is InChI=1S/C36H49F3N6O3/c1-3-45-26(7-18-41-45)30(46)42-28(24-5-4-8-34(22-24)10-11-34)31(47)43-33(2)9-6-25(21-27(33)39)36(12-13-36)29(40)32(48)44-19-15-35(23-38,14-17-37)16-20-44/h6-7,18,21,29H,3-5,8-17,19-20,22-23,40H2,1-2H3,(H,42,46)(H,43,47)/b28-24-/t29-,33?/m0/s1. The van der Waals surface area contributed by atoms with E-state index in [2.05, 4.69) is 15.7 Å². The molecule has 48 heavy (non-hydrogen) atoms. The van der Waals surface area contributed by atoms with Crippen LogP contribution in [-0.4, -0.2) is 70.4 Å². The van der Waals surface area contributed by atoms with Gasteiger partial charge in [-0.15, -0.1) is 0 Å². The van der Waals surface area contributed by atoms with E-state index in [0.717, 1.165) is 37.7 Å². The van der Waals surface area contributed by atoms with E-state index >= 15 is 4.39 Å². The number of halogens is 3. The van der Waals surface area contributed by atoms with E-state index in [4.69, 9.17) is 5.73 Å². The quantitative estimate of drug-likeness (QED) is 0.274. The lowest BCUT2D eigenvalue weighted by Gasteiger charge is -2.41. The lowest BCUT2D eigenvalue weighted by Crippen LogP contribution is -2.53. The molecule has 0 radical (unpaired) electrons. The van der Waals surface area contributed by atoms with Crippen molar-refractivity contribution in [2.75, 3.05) is 26.4 Å². The third-order valence-corrected chi connectivity index (χ3v) is 12.0. The molecule has 6 rings (SSSR count). The van der Waals surface area contributed by atoms with Gasteiger partial charge >= 0.3 is 0 Å². The summed E-state index contributed by atoms with van der Waals surface area (Å²) in [6, 6.07) is 0.715. The molecule has 4 N–H and O–H groups in total. The first-order valence-corrected chi connectivity index (χ1v) is 17.6. The van der Waals surface area contributed by atoms with E-state index in [0.29, 0.717) is 63.0 Å². The molecule has 4 fully saturated rings. The molecule has 4 aliphatic carbocycles. The Kier molecular flexibility index (Phi) is 9.43. The Hall–Kier alpha value is -3.41. The largest absolute Gasteiger partial charge is 0.341 e. The zero-order valence-corrected chi connectivity index (χ0v) is 28.2. The zero-order chi connectivity index (χ0) is 34.3. The van der Waals surface area contributed by atoms with Crippen molar-refractivity contribution in [3.63, 3.8) is 0 Å². The maximum absolute atomic E-state index is 16.1. The van der Waals surface area contributed by atoms with Crippen LogP contribution in [-0.2, 0) is 16.1 Å². The first kappa shape index (κ1) is 34.5. The molecule has 2 atom stereocenters. The molecule has 1 aromatic heterocycles. The van der Waals surface area contributed by atoms with E-state index in [1.807, 2.05) is 13.0 Å². The number of nitrogens with two attached hydrogens (primary N) is 1. The molecule has 9 nitrogen and oxygen atoms in total. The van der Waals surface area contributed by atoms with Gasteiger partial charge in [0.1, 0.15) is 17.2 Å². The summed E-state index contributed by atoms with van der Waals surface area (Å²) >= 11 is 0. The van der Waals surface area contributed by atoms with Crippen LogP contribution in [0.1, 0.15) is 101 Å². The van der Waals surface area contributed by atoms with Gasteiger partial charge in [0.25, 0.3) is 11.8 Å². The lowest BCUT2D eigenvalue weighted by molar-refractivity contribution is -0.136. The van der Waals surface area contributed by atoms with Gasteiger partial charge in [0.15, 0.2) is 0 Å². The van der Waals surface area contributed by atoms with Gasteiger partial charge in [-0.2, -0.15) is 5.10 Å². The summed E-state index contributed by atoms with van der Waals surface area (Å²) in [6.07, 6.45) is 12.8. The van der Waals surface area contributed by atoms with Crippen LogP contribution in [0.5, 0.6) is 0 Å². The predicted molar refractivity (Wildman–Crippen MR) is 175 cm³/mol. The highest BCUT2D eigenvalue weighted by atomic mass is 19.1. The van der Waals surface area contributed by atoms with E-state index in [1.54, 1.807) is 28.8 Å². The average Bonchev–Trinajstić information content (AvgIpc) is 4.00. The highest BCUT2D eigenvalue weighted by Gasteiger charge is 2.55. The zero-order valence-electron chi connectivity index (χ0n) is 28.2. The fourth-order valence-corrected chi connectivity index (χ4v) is 8.12. The average molecular weight is 671 g/mol. The van der Waals surface area contributed by atoms with Crippen molar-refractivity contribution >= 4 is 17.7 Å². The van der Waals surface area contributed by atoms with Gasteiger partial charge in [-0.3, -0.25) is 27.8 Å². The number of aryl methyl sites for hydroxylation is 1. The highest BCUT2D eigenvalue weighted by molar-refractivity contribution is 6.03. The van der Waals surface area contributed by atoms with Gasteiger partial charge in [0.05, 0.1) is 24.9 Å². The number of carbonyl (C=O) groups is 3. The predicted octanol–water partition coefficient (Wildman–Crippen LogP) is 5.34. The van der Waals surface area contributed by atoms with Crippen LogP contribution in [0, 0.1) is 16.2 Å². The van der Waals surface area contributed by atoms with Crippen molar-refractivity contribution in [2.45, 2.75) is 109 Å². The summed E-state index contributed by atoms with van der Waals surface area (Å²) in [5, 5.41) is 9.97. The number of carbonyl (C=O) groups excluding carboxylic acids is 3. The Labute approximate surface area is 280 Å². The molecule has 2 heterocycles. The van der Waals surface area contributed by atoms with Gasteiger partial charge in [0.2, 0.25) is 5.91 Å². The second kappa shape index (κ2) is 13.1. The molecule has 5 aliphatic rings. The molecule has 12 heteroatoms. The fourth-order valence-electron chi connectivity index (χ4n) is 8.12. The Morgan fingerprint density at radius 3 is 2.42 bits per heavy atom. The number of rotatable bonds is 11. The van der Waals surface area contributed by atoms with E-state index in [9.17, 15) is 23.2 Å². The molecule has 3 amide bonds. The maximum atomic E-state index is 16.1. The van der Waals surface area contributed by atoms with Gasteiger partial charge in [-0.25, -0.2) is 4.39 Å². The van der Waals surface area contributed by atoms with E-state index in [-0.39, 0.29) is 29.9 Å². The molecule has 1 saturated heterocycles. The SMILES string of the molecule is CCn1nccc1C(=O)N/C(C(=O)NC1(C)CC=C(C2([C@@H](N)C(=O)N3CCC(CF)(CCF)CC3)CC2)C=C1F)=C1/CCCC2(CC2)C1. The first-order valence-electron chi connectivity index (χ1n) is 17.6.